The van der Waals surface area contributed by atoms with Gasteiger partial charge in [0, 0.05) is 34.3 Å². The van der Waals surface area contributed by atoms with Gasteiger partial charge in [-0.25, -0.2) is 14.2 Å². The van der Waals surface area contributed by atoms with Gasteiger partial charge in [-0.05, 0) is 32.9 Å². The van der Waals surface area contributed by atoms with Gasteiger partial charge in [0.05, 0.1) is 24.9 Å². The number of aliphatic imine (C=N–C) groups is 1. The monoisotopic (exact) mass is 479 g/mol. The summed E-state index contributed by atoms with van der Waals surface area (Å²) in [5, 5.41) is 5.91. The summed E-state index contributed by atoms with van der Waals surface area (Å²) in [6.45, 7) is 5.98. The molecule has 1 aromatic heterocycles. The molecule has 7 nitrogen and oxygen atoms in total. The number of thiazole rings is 1. The summed E-state index contributed by atoms with van der Waals surface area (Å²) >= 11 is 7.78. The predicted molar refractivity (Wildman–Crippen MR) is 119 cm³/mol. The first-order valence-corrected chi connectivity index (χ1v) is 11.4. The van der Waals surface area contributed by atoms with Gasteiger partial charge in [0.1, 0.15) is 11.9 Å². The highest BCUT2D eigenvalue weighted by Gasteiger charge is 2.38. The van der Waals surface area contributed by atoms with Crippen LogP contribution in [0.15, 0.2) is 46.0 Å². The van der Waals surface area contributed by atoms with Crippen LogP contribution in [0.2, 0.25) is 5.02 Å². The fraction of sp³-hybridized carbons (Fsp3) is 0.409. The number of hydrogen-bond acceptors (Lipinski definition) is 8. The van der Waals surface area contributed by atoms with E-state index in [1.165, 1.54) is 29.5 Å². The van der Waals surface area contributed by atoms with Crippen molar-refractivity contribution in [2.24, 2.45) is 4.99 Å². The maximum atomic E-state index is 13.7. The lowest BCUT2D eigenvalue weighted by Crippen LogP contribution is -2.36. The quantitative estimate of drug-likeness (QED) is 0.619. The van der Waals surface area contributed by atoms with Gasteiger partial charge < -0.3 is 19.5 Å². The van der Waals surface area contributed by atoms with E-state index < -0.39 is 23.6 Å². The van der Waals surface area contributed by atoms with Crippen molar-refractivity contribution in [2.45, 2.75) is 45.1 Å². The van der Waals surface area contributed by atoms with Gasteiger partial charge in [0.15, 0.2) is 16.6 Å². The number of amidine groups is 1. The highest BCUT2D eigenvalue weighted by molar-refractivity contribution is 7.11. The van der Waals surface area contributed by atoms with Crippen LogP contribution in [0.25, 0.3) is 0 Å². The zero-order valence-electron chi connectivity index (χ0n) is 17.9. The number of hydrogen-bond donors (Lipinski definition) is 1. The summed E-state index contributed by atoms with van der Waals surface area (Å²) in [7, 11) is 0. The van der Waals surface area contributed by atoms with Gasteiger partial charge in [0.25, 0.3) is 0 Å². The molecule has 170 valence electrons. The first kappa shape index (κ1) is 22.8. The Morgan fingerprint density at radius 2 is 2.25 bits per heavy atom. The molecule has 0 saturated carbocycles. The standard InChI is InChI=1S/C22H23ClFN3O4S/c1-4-29-21(28)17-16(10-13-11-30-22(2,3)31-13)26-19(20-25-7-8-32-20)27-18(17)14-6-5-12(24)9-15(14)23/h5-9,13,18H,4,10-11H2,1-3H3,(H,26,27). The molecule has 1 saturated heterocycles. The Hall–Kier alpha value is -2.33. The predicted octanol–water partition coefficient (Wildman–Crippen LogP) is 4.39. The zero-order chi connectivity index (χ0) is 22.9. The normalized spacial score (nSPS) is 22.5. The molecule has 0 aliphatic carbocycles. The Balaban J connectivity index is 1.81. The Morgan fingerprint density at radius 1 is 1.44 bits per heavy atom. The van der Waals surface area contributed by atoms with Crippen LogP contribution < -0.4 is 5.32 Å². The average molecular weight is 480 g/mol. The van der Waals surface area contributed by atoms with Crippen LogP contribution in [-0.2, 0) is 19.0 Å². The fourth-order valence-corrected chi connectivity index (χ4v) is 4.55. The second kappa shape index (κ2) is 9.27. The molecule has 0 bridgehead atoms. The van der Waals surface area contributed by atoms with Gasteiger partial charge in [0.2, 0.25) is 0 Å². The third kappa shape index (κ3) is 4.85. The number of carbonyl (C=O) groups excluding carboxylic acids is 1. The molecule has 2 aliphatic rings. The van der Waals surface area contributed by atoms with E-state index in [1.807, 2.05) is 19.2 Å². The van der Waals surface area contributed by atoms with Crippen molar-refractivity contribution in [3.63, 3.8) is 0 Å². The summed E-state index contributed by atoms with van der Waals surface area (Å²) < 4.78 is 30.7. The smallest absolute Gasteiger partial charge is 0.338 e. The van der Waals surface area contributed by atoms with E-state index in [9.17, 15) is 9.18 Å². The van der Waals surface area contributed by atoms with Crippen LogP contribution in [-0.4, -0.2) is 41.9 Å². The summed E-state index contributed by atoms with van der Waals surface area (Å²) in [6.07, 6.45) is 1.75. The maximum Gasteiger partial charge on any atom is 0.338 e. The number of esters is 1. The minimum absolute atomic E-state index is 0.168. The van der Waals surface area contributed by atoms with Gasteiger partial charge in [-0.1, -0.05) is 17.7 Å². The number of nitrogens with one attached hydrogen (secondary N) is 1. The van der Waals surface area contributed by atoms with Crippen LogP contribution >= 0.6 is 22.9 Å². The lowest BCUT2D eigenvalue weighted by Gasteiger charge is -2.28. The third-order valence-corrected chi connectivity index (χ3v) is 6.12. The van der Waals surface area contributed by atoms with E-state index in [-0.39, 0.29) is 17.7 Å². The van der Waals surface area contributed by atoms with Crippen molar-refractivity contribution in [3.05, 3.63) is 62.5 Å². The van der Waals surface area contributed by atoms with Gasteiger partial charge >= 0.3 is 5.97 Å². The average Bonchev–Trinajstić information content (AvgIpc) is 3.37. The van der Waals surface area contributed by atoms with E-state index >= 15 is 0 Å². The Bertz CT molecular complexity index is 1070. The van der Waals surface area contributed by atoms with Gasteiger partial charge in [-0.3, -0.25) is 4.99 Å². The minimum atomic E-state index is -0.798. The largest absolute Gasteiger partial charge is 0.463 e. The third-order valence-electron chi connectivity index (χ3n) is 5.01. The number of nitrogens with zero attached hydrogens (tertiary/aromatic N) is 2. The zero-order valence-corrected chi connectivity index (χ0v) is 19.4. The van der Waals surface area contributed by atoms with Crippen molar-refractivity contribution < 1.29 is 23.4 Å². The number of aromatic nitrogens is 1. The van der Waals surface area contributed by atoms with E-state index in [0.29, 0.717) is 40.7 Å². The highest BCUT2D eigenvalue weighted by Crippen LogP contribution is 2.38. The molecule has 0 spiro atoms. The summed E-state index contributed by atoms with van der Waals surface area (Å²) in [5.41, 5.74) is 1.38. The molecule has 1 N–H and O–H groups in total. The number of rotatable bonds is 6. The number of halogens is 2. The Morgan fingerprint density at radius 3 is 2.88 bits per heavy atom. The van der Waals surface area contributed by atoms with Crippen molar-refractivity contribution in [1.29, 1.82) is 0 Å². The molecule has 10 heteroatoms. The second-order valence-electron chi connectivity index (χ2n) is 7.78. The maximum absolute atomic E-state index is 13.7. The number of benzene rings is 1. The molecule has 32 heavy (non-hydrogen) atoms. The molecule has 3 heterocycles. The summed E-state index contributed by atoms with van der Waals surface area (Å²) in [6, 6.07) is 3.23. The fourth-order valence-electron chi connectivity index (χ4n) is 3.69. The van der Waals surface area contributed by atoms with Crippen LogP contribution in [0.4, 0.5) is 4.39 Å². The minimum Gasteiger partial charge on any atom is -0.463 e. The second-order valence-corrected chi connectivity index (χ2v) is 9.08. The van der Waals surface area contributed by atoms with Crippen molar-refractivity contribution in [1.82, 2.24) is 10.3 Å². The molecular formula is C22H23ClFN3O4S. The van der Waals surface area contributed by atoms with Crippen LogP contribution in [0.1, 0.15) is 43.8 Å². The van der Waals surface area contributed by atoms with Crippen molar-refractivity contribution >= 4 is 34.7 Å². The molecule has 0 amide bonds. The van der Waals surface area contributed by atoms with Crippen molar-refractivity contribution in [2.75, 3.05) is 13.2 Å². The molecular weight excluding hydrogens is 457 g/mol. The van der Waals surface area contributed by atoms with E-state index in [2.05, 4.69) is 10.3 Å². The lowest BCUT2D eigenvalue weighted by molar-refractivity contribution is -0.139. The highest BCUT2D eigenvalue weighted by atomic mass is 35.5. The molecule has 2 aliphatic heterocycles. The molecule has 2 unspecified atom stereocenters. The molecule has 1 fully saturated rings. The lowest BCUT2D eigenvalue weighted by atomic mass is 9.93. The van der Waals surface area contributed by atoms with E-state index in [0.717, 1.165) is 0 Å². The van der Waals surface area contributed by atoms with E-state index in [4.69, 9.17) is 30.8 Å². The van der Waals surface area contributed by atoms with Crippen LogP contribution in [0.3, 0.4) is 0 Å². The van der Waals surface area contributed by atoms with E-state index in [1.54, 1.807) is 13.1 Å². The number of carbonyl (C=O) groups is 1. The topological polar surface area (TPSA) is 82.0 Å². The molecule has 2 aromatic rings. The molecule has 0 radical (unpaired) electrons. The summed E-state index contributed by atoms with van der Waals surface area (Å²) in [5.74, 6) is -1.22. The van der Waals surface area contributed by atoms with Gasteiger partial charge in [-0.15, -0.1) is 11.3 Å². The van der Waals surface area contributed by atoms with Gasteiger partial charge in [-0.2, -0.15) is 0 Å². The van der Waals surface area contributed by atoms with Crippen LogP contribution in [0.5, 0.6) is 0 Å². The molecule has 2 atom stereocenters. The SMILES string of the molecule is CCOC(=O)C1=C(CC2COC(C)(C)O2)NC(c2nccs2)=NC1c1ccc(F)cc1Cl. The molecule has 4 rings (SSSR count). The summed E-state index contributed by atoms with van der Waals surface area (Å²) in [4.78, 5) is 22.1. The number of ether oxygens (including phenoxy) is 3. The Kier molecular flexibility index (Phi) is 6.62. The van der Waals surface area contributed by atoms with Crippen molar-refractivity contribution in [3.8, 4) is 0 Å². The Labute approximate surface area is 194 Å². The first-order valence-electron chi connectivity index (χ1n) is 10.2. The first-order chi connectivity index (χ1) is 15.3. The molecule has 1 aromatic carbocycles. The van der Waals surface area contributed by atoms with Crippen LogP contribution in [0, 0.1) is 5.82 Å².